The Morgan fingerprint density at radius 2 is 2.00 bits per heavy atom. The molecule has 0 aliphatic carbocycles. The van der Waals surface area contributed by atoms with Crippen LogP contribution < -0.4 is 5.32 Å². The number of halogens is 1. The minimum atomic E-state index is -0.344. The summed E-state index contributed by atoms with van der Waals surface area (Å²) in [4.78, 5) is 16.3. The lowest BCUT2D eigenvalue weighted by molar-refractivity contribution is -0.113. The molecule has 1 aliphatic rings. The van der Waals surface area contributed by atoms with Crippen LogP contribution in [0, 0.1) is 5.82 Å². The SMILES string of the molecule is O=C(CSc1nnc(-c2ccncc2)n1C[C@@H]1CCCO1)Nc1ccc(F)cc1. The van der Waals surface area contributed by atoms with Crippen molar-refractivity contribution in [2.24, 2.45) is 0 Å². The molecule has 1 aromatic carbocycles. The lowest BCUT2D eigenvalue weighted by Crippen LogP contribution is -2.18. The van der Waals surface area contributed by atoms with Crippen molar-refractivity contribution in [3.05, 3.63) is 54.6 Å². The van der Waals surface area contributed by atoms with Gasteiger partial charge in [0, 0.05) is 30.3 Å². The first-order chi connectivity index (χ1) is 14.2. The third-order valence-corrected chi connectivity index (χ3v) is 5.49. The number of nitrogens with one attached hydrogen (secondary N) is 1. The Morgan fingerprint density at radius 1 is 1.21 bits per heavy atom. The fourth-order valence-electron chi connectivity index (χ4n) is 3.13. The van der Waals surface area contributed by atoms with Crippen LogP contribution in [-0.2, 0) is 16.1 Å². The second-order valence-electron chi connectivity index (χ2n) is 6.63. The lowest BCUT2D eigenvalue weighted by atomic mass is 10.2. The molecule has 2 aromatic heterocycles. The highest BCUT2D eigenvalue weighted by Gasteiger charge is 2.22. The zero-order chi connectivity index (χ0) is 20.1. The standard InChI is InChI=1S/C20H20FN5O2S/c21-15-3-5-16(6-4-15)23-18(27)13-29-20-25-24-19(14-7-9-22-10-8-14)26(20)12-17-2-1-11-28-17/h3-10,17H,1-2,11-13H2,(H,23,27)/t17-/m0/s1. The van der Waals surface area contributed by atoms with Crippen LogP contribution in [0.4, 0.5) is 10.1 Å². The minimum absolute atomic E-state index is 0.110. The third kappa shape index (κ3) is 4.99. The molecule has 4 rings (SSSR count). The maximum atomic E-state index is 13.0. The molecule has 7 nitrogen and oxygen atoms in total. The number of nitrogens with zero attached hydrogens (tertiary/aromatic N) is 4. The van der Waals surface area contributed by atoms with Crippen molar-refractivity contribution in [3.63, 3.8) is 0 Å². The molecule has 1 N–H and O–H groups in total. The van der Waals surface area contributed by atoms with Crippen LogP contribution >= 0.6 is 11.8 Å². The highest BCUT2D eigenvalue weighted by Crippen LogP contribution is 2.26. The van der Waals surface area contributed by atoms with E-state index in [1.165, 1.54) is 36.0 Å². The van der Waals surface area contributed by atoms with E-state index in [1.807, 2.05) is 16.7 Å². The van der Waals surface area contributed by atoms with Crippen LogP contribution in [0.2, 0.25) is 0 Å². The van der Waals surface area contributed by atoms with Crippen molar-refractivity contribution in [1.82, 2.24) is 19.7 Å². The van der Waals surface area contributed by atoms with Gasteiger partial charge in [0.05, 0.1) is 18.4 Å². The molecule has 0 unspecified atom stereocenters. The van der Waals surface area contributed by atoms with Crippen LogP contribution in [-0.4, -0.2) is 44.1 Å². The van der Waals surface area contributed by atoms with Gasteiger partial charge in [0.25, 0.3) is 0 Å². The predicted molar refractivity (Wildman–Crippen MR) is 108 cm³/mol. The van der Waals surface area contributed by atoms with Gasteiger partial charge in [0.1, 0.15) is 5.82 Å². The van der Waals surface area contributed by atoms with Gasteiger partial charge in [0.15, 0.2) is 11.0 Å². The fourth-order valence-corrected chi connectivity index (χ4v) is 3.87. The Balaban J connectivity index is 1.47. The molecule has 0 radical (unpaired) electrons. The van der Waals surface area contributed by atoms with E-state index in [9.17, 15) is 9.18 Å². The van der Waals surface area contributed by atoms with E-state index in [0.717, 1.165) is 30.8 Å². The highest BCUT2D eigenvalue weighted by atomic mass is 32.2. The molecular formula is C20H20FN5O2S. The molecule has 0 bridgehead atoms. The van der Waals surface area contributed by atoms with E-state index >= 15 is 0 Å². The molecule has 150 valence electrons. The number of hydrogen-bond acceptors (Lipinski definition) is 6. The number of amides is 1. The van der Waals surface area contributed by atoms with Crippen molar-refractivity contribution < 1.29 is 13.9 Å². The van der Waals surface area contributed by atoms with Gasteiger partial charge in [-0.15, -0.1) is 10.2 Å². The van der Waals surface area contributed by atoms with E-state index in [2.05, 4.69) is 20.5 Å². The summed E-state index contributed by atoms with van der Waals surface area (Å²) in [6, 6.07) is 9.43. The van der Waals surface area contributed by atoms with E-state index < -0.39 is 0 Å². The number of ether oxygens (including phenoxy) is 1. The third-order valence-electron chi connectivity index (χ3n) is 4.53. The van der Waals surface area contributed by atoms with E-state index in [1.54, 1.807) is 12.4 Å². The number of anilines is 1. The summed E-state index contributed by atoms with van der Waals surface area (Å²) in [6.45, 7) is 1.40. The topological polar surface area (TPSA) is 81.9 Å². The van der Waals surface area contributed by atoms with Crippen molar-refractivity contribution in [2.45, 2.75) is 30.6 Å². The van der Waals surface area contributed by atoms with E-state index in [0.29, 0.717) is 17.4 Å². The highest BCUT2D eigenvalue weighted by molar-refractivity contribution is 7.99. The van der Waals surface area contributed by atoms with Gasteiger partial charge in [-0.3, -0.25) is 14.3 Å². The van der Waals surface area contributed by atoms with Crippen LogP contribution in [0.3, 0.4) is 0 Å². The van der Waals surface area contributed by atoms with Gasteiger partial charge in [-0.25, -0.2) is 4.39 Å². The second kappa shape index (κ2) is 9.15. The van der Waals surface area contributed by atoms with Crippen molar-refractivity contribution >= 4 is 23.4 Å². The normalized spacial score (nSPS) is 16.1. The van der Waals surface area contributed by atoms with Crippen molar-refractivity contribution in [2.75, 3.05) is 17.7 Å². The number of pyridine rings is 1. The molecule has 3 aromatic rings. The molecule has 0 saturated carbocycles. The van der Waals surface area contributed by atoms with Crippen LogP contribution in [0.5, 0.6) is 0 Å². The van der Waals surface area contributed by atoms with Crippen LogP contribution in [0.25, 0.3) is 11.4 Å². The Labute approximate surface area is 171 Å². The molecule has 3 heterocycles. The zero-order valence-electron chi connectivity index (χ0n) is 15.6. The first-order valence-corrected chi connectivity index (χ1v) is 10.3. The smallest absolute Gasteiger partial charge is 0.234 e. The number of rotatable bonds is 7. The number of carbonyl (C=O) groups is 1. The Morgan fingerprint density at radius 3 is 2.72 bits per heavy atom. The first-order valence-electron chi connectivity index (χ1n) is 9.32. The van der Waals surface area contributed by atoms with Crippen molar-refractivity contribution in [1.29, 1.82) is 0 Å². The number of carbonyl (C=O) groups excluding carboxylic acids is 1. The summed E-state index contributed by atoms with van der Waals surface area (Å²) in [5.41, 5.74) is 1.46. The van der Waals surface area contributed by atoms with Gasteiger partial charge in [0.2, 0.25) is 5.91 Å². The average molecular weight is 413 g/mol. The quantitative estimate of drug-likeness (QED) is 0.598. The Kier molecular flexibility index (Phi) is 6.16. The molecule has 9 heteroatoms. The van der Waals surface area contributed by atoms with Crippen LogP contribution in [0.15, 0.2) is 53.9 Å². The summed E-state index contributed by atoms with van der Waals surface area (Å²) < 4.78 is 20.8. The molecule has 1 atom stereocenters. The Bertz CT molecular complexity index is 959. The average Bonchev–Trinajstić information content (AvgIpc) is 3.39. The number of thioether (sulfide) groups is 1. The Hall–Kier alpha value is -2.78. The molecule has 1 aliphatic heterocycles. The van der Waals surface area contributed by atoms with Gasteiger partial charge in [-0.2, -0.15) is 0 Å². The maximum Gasteiger partial charge on any atom is 0.234 e. The zero-order valence-corrected chi connectivity index (χ0v) is 16.4. The monoisotopic (exact) mass is 413 g/mol. The summed E-state index contributed by atoms with van der Waals surface area (Å²) >= 11 is 1.31. The van der Waals surface area contributed by atoms with Gasteiger partial charge < -0.3 is 10.1 Å². The summed E-state index contributed by atoms with van der Waals surface area (Å²) in [7, 11) is 0. The fraction of sp³-hybridized carbons (Fsp3) is 0.300. The summed E-state index contributed by atoms with van der Waals surface area (Å²) in [6.07, 6.45) is 5.56. The van der Waals surface area contributed by atoms with Crippen LogP contribution in [0.1, 0.15) is 12.8 Å². The number of benzene rings is 1. The molecule has 1 saturated heterocycles. The van der Waals surface area contributed by atoms with Gasteiger partial charge in [-0.05, 0) is 49.2 Å². The lowest BCUT2D eigenvalue weighted by Gasteiger charge is -2.14. The molecule has 29 heavy (non-hydrogen) atoms. The van der Waals surface area contributed by atoms with Gasteiger partial charge >= 0.3 is 0 Å². The van der Waals surface area contributed by atoms with E-state index in [4.69, 9.17) is 4.74 Å². The second-order valence-corrected chi connectivity index (χ2v) is 7.57. The maximum absolute atomic E-state index is 13.0. The molecular weight excluding hydrogens is 393 g/mol. The molecule has 0 spiro atoms. The molecule has 1 fully saturated rings. The predicted octanol–water partition coefficient (Wildman–Crippen LogP) is 3.39. The number of hydrogen-bond donors (Lipinski definition) is 1. The molecule has 1 amide bonds. The minimum Gasteiger partial charge on any atom is -0.376 e. The van der Waals surface area contributed by atoms with E-state index in [-0.39, 0.29) is 23.6 Å². The van der Waals surface area contributed by atoms with Crippen molar-refractivity contribution in [3.8, 4) is 11.4 Å². The number of aromatic nitrogens is 4. The summed E-state index contributed by atoms with van der Waals surface area (Å²) in [5.74, 6) is 0.350. The first kappa shape index (κ1) is 19.5. The summed E-state index contributed by atoms with van der Waals surface area (Å²) in [5, 5.41) is 12.0. The van der Waals surface area contributed by atoms with Gasteiger partial charge in [-0.1, -0.05) is 11.8 Å². The largest absolute Gasteiger partial charge is 0.376 e.